The molecule has 4 rings (SSSR count). The fraction of sp³-hybridized carbons (Fsp3) is 0.714. The van der Waals surface area contributed by atoms with Gasteiger partial charge < -0.3 is 14.5 Å². The van der Waals surface area contributed by atoms with Crippen LogP contribution in [0.15, 0.2) is 18.3 Å². The lowest BCUT2D eigenvalue weighted by molar-refractivity contribution is -0.139. The molecule has 1 aromatic heterocycles. The number of piperidine rings is 1. The van der Waals surface area contributed by atoms with Crippen LogP contribution in [-0.4, -0.2) is 54.7 Å². The molecule has 0 N–H and O–H groups in total. The molecule has 1 aromatic rings. The monoisotopic (exact) mass is 411 g/mol. The van der Waals surface area contributed by atoms with Gasteiger partial charge in [0.25, 0.3) is 0 Å². The van der Waals surface area contributed by atoms with Crippen LogP contribution in [0, 0.1) is 5.41 Å². The van der Waals surface area contributed by atoms with Crippen LogP contribution < -0.4 is 4.90 Å². The zero-order valence-electron chi connectivity index (χ0n) is 16.7. The summed E-state index contributed by atoms with van der Waals surface area (Å²) in [5.41, 5.74) is -1.31. The number of alkyl halides is 3. The van der Waals surface area contributed by atoms with Crippen molar-refractivity contribution in [1.29, 1.82) is 0 Å². The van der Waals surface area contributed by atoms with Gasteiger partial charge in [-0.25, -0.2) is 4.98 Å². The third kappa shape index (κ3) is 3.83. The second-order valence-electron chi connectivity index (χ2n) is 8.59. The van der Waals surface area contributed by atoms with E-state index >= 15 is 0 Å². The Morgan fingerprint density at radius 1 is 1.17 bits per heavy atom. The minimum atomic E-state index is -4.46. The summed E-state index contributed by atoms with van der Waals surface area (Å²) in [5.74, 6) is 0.0680. The molecule has 3 heterocycles. The first-order valence-corrected chi connectivity index (χ1v) is 10.4. The van der Waals surface area contributed by atoms with Gasteiger partial charge in [0.2, 0.25) is 5.91 Å². The molecule has 3 aliphatic rings. The second kappa shape index (κ2) is 7.78. The van der Waals surface area contributed by atoms with E-state index < -0.39 is 17.2 Å². The normalized spacial score (nSPS) is 31.0. The molecule has 0 aromatic carbocycles. The number of rotatable bonds is 3. The average Bonchev–Trinajstić information content (AvgIpc) is 3.03. The Morgan fingerprint density at radius 2 is 1.93 bits per heavy atom. The molecule has 29 heavy (non-hydrogen) atoms. The molecule has 8 heteroatoms. The topological polar surface area (TPSA) is 45.7 Å². The summed E-state index contributed by atoms with van der Waals surface area (Å²) in [4.78, 5) is 21.1. The molecule has 2 aliphatic heterocycles. The molecule has 0 unspecified atom stereocenters. The van der Waals surface area contributed by atoms with Crippen molar-refractivity contribution in [3.63, 3.8) is 0 Å². The van der Waals surface area contributed by atoms with Crippen LogP contribution in [0.5, 0.6) is 0 Å². The van der Waals surface area contributed by atoms with E-state index in [0.717, 1.165) is 38.2 Å². The summed E-state index contributed by atoms with van der Waals surface area (Å²) in [6.07, 6.45) is 3.12. The first-order chi connectivity index (χ1) is 13.8. The number of carbonyl (C=O) groups excluding carboxylic acids is 1. The van der Waals surface area contributed by atoms with Gasteiger partial charge in [0, 0.05) is 39.0 Å². The van der Waals surface area contributed by atoms with Gasteiger partial charge in [-0.1, -0.05) is 0 Å². The lowest BCUT2D eigenvalue weighted by atomic mass is 9.78. The van der Waals surface area contributed by atoms with E-state index in [9.17, 15) is 18.0 Å². The zero-order chi connectivity index (χ0) is 20.6. The van der Waals surface area contributed by atoms with Gasteiger partial charge in [-0.2, -0.15) is 13.2 Å². The first kappa shape index (κ1) is 20.4. The third-order valence-corrected chi connectivity index (χ3v) is 6.93. The van der Waals surface area contributed by atoms with E-state index in [2.05, 4.69) is 4.98 Å². The predicted molar refractivity (Wildman–Crippen MR) is 103 cm³/mol. The summed E-state index contributed by atoms with van der Waals surface area (Å²) in [5, 5.41) is 0. The van der Waals surface area contributed by atoms with Crippen molar-refractivity contribution in [3.05, 3.63) is 23.9 Å². The SMILES string of the molecule is COC1CCC(N2CC[C@]3(CCCN(c4ncccc4C(F)(F)F)C3)C2=O)CC1. The smallest absolute Gasteiger partial charge is 0.381 e. The van der Waals surface area contributed by atoms with Gasteiger partial charge in [-0.15, -0.1) is 0 Å². The molecule has 1 saturated carbocycles. The fourth-order valence-electron chi connectivity index (χ4n) is 5.35. The van der Waals surface area contributed by atoms with Crippen LogP contribution in [0.3, 0.4) is 0 Å². The van der Waals surface area contributed by atoms with Crippen LogP contribution in [0.2, 0.25) is 0 Å². The minimum absolute atomic E-state index is 0.0501. The zero-order valence-corrected chi connectivity index (χ0v) is 16.7. The van der Waals surface area contributed by atoms with Crippen molar-refractivity contribution in [3.8, 4) is 0 Å². The van der Waals surface area contributed by atoms with Crippen molar-refractivity contribution in [2.75, 3.05) is 31.6 Å². The highest BCUT2D eigenvalue weighted by molar-refractivity contribution is 5.86. The molecule has 1 amide bonds. The van der Waals surface area contributed by atoms with E-state index in [1.54, 1.807) is 12.0 Å². The Kier molecular flexibility index (Phi) is 5.48. The molecule has 3 fully saturated rings. The van der Waals surface area contributed by atoms with Crippen LogP contribution in [-0.2, 0) is 15.7 Å². The van der Waals surface area contributed by atoms with Gasteiger partial charge in [0.15, 0.2) is 0 Å². The van der Waals surface area contributed by atoms with E-state index in [-0.39, 0.29) is 23.9 Å². The number of hydrogen-bond acceptors (Lipinski definition) is 4. The molecular weight excluding hydrogens is 383 g/mol. The number of amides is 1. The first-order valence-electron chi connectivity index (χ1n) is 10.4. The summed E-state index contributed by atoms with van der Waals surface area (Å²) < 4.78 is 45.8. The number of carbonyl (C=O) groups is 1. The molecule has 1 spiro atoms. The number of pyridine rings is 1. The number of nitrogens with zero attached hydrogens (tertiary/aromatic N) is 3. The van der Waals surface area contributed by atoms with E-state index in [0.29, 0.717) is 32.5 Å². The van der Waals surface area contributed by atoms with Crippen molar-refractivity contribution in [2.45, 2.75) is 63.3 Å². The molecule has 0 bridgehead atoms. The number of halogens is 3. The third-order valence-electron chi connectivity index (χ3n) is 6.93. The predicted octanol–water partition coefficient (Wildman–Crippen LogP) is 3.88. The summed E-state index contributed by atoms with van der Waals surface area (Å²) in [6.45, 7) is 1.51. The minimum Gasteiger partial charge on any atom is -0.381 e. The van der Waals surface area contributed by atoms with Crippen LogP contribution in [0.1, 0.15) is 50.5 Å². The van der Waals surface area contributed by atoms with Gasteiger partial charge in [0.05, 0.1) is 17.1 Å². The van der Waals surface area contributed by atoms with Gasteiger partial charge >= 0.3 is 6.18 Å². The Bertz CT molecular complexity index is 749. The maximum atomic E-state index is 13.5. The quantitative estimate of drug-likeness (QED) is 0.757. The standard InChI is InChI=1S/C21H28F3N3O2/c1-29-16-7-5-15(6-8-16)27-13-10-20(19(27)28)9-3-12-26(14-20)18-17(21(22,23)24)4-2-11-25-18/h2,4,11,15-16H,3,5-10,12-14H2,1H3/t15?,16?,20-/m0/s1. The Hall–Kier alpha value is -1.83. The maximum absolute atomic E-state index is 13.5. The highest BCUT2D eigenvalue weighted by Gasteiger charge is 2.51. The van der Waals surface area contributed by atoms with E-state index in [1.807, 2.05) is 4.90 Å². The van der Waals surface area contributed by atoms with Gasteiger partial charge in [0.1, 0.15) is 5.82 Å². The van der Waals surface area contributed by atoms with E-state index in [4.69, 9.17) is 4.74 Å². The van der Waals surface area contributed by atoms with Gasteiger partial charge in [-0.05, 0) is 57.1 Å². The average molecular weight is 411 g/mol. The van der Waals surface area contributed by atoms with Crippen molar-refractivity contribution in [2.24, 2.45) is 5.41 Å². The number of anilines is 1. The summed E-state index contributed by atoms with van der Waals surface area (Å²) in [6, 6.07) is 2.61. The van der Waals surface area contributed by atoms with Crippen molar-refractivity contribution < 1.29 is 22.7 Å². The maximum Gasteiger partial charge on any atom is 0.419 e. The Labute approximate surface area is 169 Å². The number of ether oxygens (including phenoxy) is 1. The van der Waals surface area contributed by atoms with Crippen LogP contribution in [0.4, 0.5) is 19.0 Å². The highest BCUT2D eigenvalue weighted by atomic mass is 19.4. The number of methoxy groups -OCH3 is 1. The van der Waals surface area contributed by atoms with Crippen molar-refractivity contribution in [1.82, 2.24) is 9.88 Å². The van der Waals surface area contributed by atoms with Gasteiger partial charge in [-0.3, -0.25) is 4.79 Å². The molecule has 5 nitrogen and oxygen atoms in total. The highest BCUT2D eigenvalue weighted by Crippen LogP contribution is 2.45. The second-order valence-corrected chi connectivity index (χ2v) is 8.59. The van der Waals surface area contributed by atoms with E-state index in [1.165, 1.54) is 12.3 Å². The lowest BCUT2D eigenvalue weighted by Crippen LogP contribution is -2.50. The molecule has 1 atom stereocenters. The molecule has 0 radical (unpaired) electrons. The van der Waals surface area contributed by atoms with Crippen LogP contribution in [0.25, 0.3) is 0 Å². The molecule has 1 aliphatic carbocycles. The largest absolute Gasteiger partial charge is 0.419 e. The lowest BCUT2D eigenvalue weighted by Gasteiger charge is -2.41. The molecule has 2 saturated heterocycles. The fourth-order valence-corrected chi connectivity index (χ4v) is 5.35. The van der Waals surface area contributed by atoms with Crippen molar-refractivity contribution >= 4 is 11.7 Å². The number of likely N-dealkylation sites (tertiary alicyclic amines) is 1. The summed E-state index contributed by atoms with van der Waals surface area (Å²) in [7, 11) is 1.73. The Balaban J connectivity index is 1.51. The molecule has 160 valence electrons. The summed E-state index contributed by atoms with van der Waals surface area (Å²) >= 11 is 0. The Morgan fingerprint density at radius 3 is 2.62 bits per heavy atom. The molecular formula is C21H28F3N3O2. The number of hydrogen-bond donors (Lipinski definition) is 0. The van der Waals surface area contributed by atoms with Crippen LogP contribution >= 0.6 is 0 Å². The number of aromatic nitrogens is 1.